The van der Waals surface area contributed by atoms with Crippen molar-refractivity contribution in [1.82, 2.24) is 0 Å². The molecule has 0 aromatic rings. The second-order valence-electron chi connectivity index (χ2n) is 0. The Hall–Kier alpha value is 1.75. The molecule has 0 aliphatic carbocycles. The first-order chi connectivity index (χ1) is 0. The number of rotatable bonds is 0. The molecule has 0 saturated carbocycles. The van der Waals surface area contributed by atoms with Gasteiger partial charge in [0.1, 0.15) is 0 Å². The summed E-state index contributed by atoms with van der Waals surface area (Å²) in [6.07, 6.45) is 0. The van der Waals surface area contributed by atoms with Gasteiger partial charge in [-0.25, -0.2) is 0 Å². The summed E-state index contributed by atoms with van der Waals surface area (Å²) in [6, 6.07) is 0. The van der Waals surface area contributed by atoms with E-state index in [-0.39, 0.29) is 97.0 Å². The number of halogens is 6. The van der Waals surface area contributed by atoms with E-state index < -0.39 is 0 Å². The molecule has 0 aliphatic rings. The van der Waals surface area contributed by atoms with E-state index in [0.717, 1.165) is 0 Å². The van der Waals surface area contributed by atoms with Gasteiger partial charge in [-0.15, -0.1) is 0 Å². The van der Waals surface area contributed by atoms with Crippen LogP contribution in [0.2, 0.25) is 0 Å². The van der Waals surface area contributed by atoms with E-state index in [1.165, 1.54) is 0 Å². The zero-order valence-electron chi connectivity index (χ0n) is 3.91. The van der Waals surface area contributed by atoms with Crippen LogP contribution in [0.1, 0.15) is 0 Å². The molecular formula is H2AlF6K. The standard InChI is InChI=1S/Al.6FH.K/h;6*1H;/q+3;;;;;;;+1/p-4. The molecule has 0 amide bonds. The summed E-state index contributed by atoms with van der Waals surface area (Å²) in [5, 5.41) is 0. The minimum absolute atomic E-state index is 0. The average molecular weight is 182 g/mol. The second-order valence-corrected chi connectivity index (χ2v) is 0. The normalized spacial score (nSPS) is 0. The molecule has 0 radical (unpaired) electrons. The van der Waals surface area contributed by atoms with Crippen molar-refractivity contribution < 1.29 is 79.6 Å². The Morgan fingerprint density at radius 1 is 0.500 bits per heavy atom. The minimum Gasteiger partial charge on any atom is -1.00 e. The van der Waals surface area contributed by atoms with Gasteiger partial charge in [-0.1, -0.05) is 0 Å². The molecule has 0 spiro atoms. The summed E-state index contributed by atoms with van der Waals surface area (Å²) in [5.41, 5.74) is 0. The quantitative estimate of drug-likeness (QED) is 0.258. The van der Waals surface area contributed by atoms with Gasteiger partial charge in [0.2, 0.25) is 0 Å². The van der Waals surface area contributed by atoms with E-state index in [0.29, 0.717) is 0 Å². The van der Waals surface area contributed by atoms with Crippen LogP contribution in [0.25, 0.3) is 0 Å². The van der Waals surface area contributed by atoms with E-state index in [1.807, 2.05) is 0 Å². The predicted octanol–water partition coefficient (Wildman–Crippen LogP) is -15.1. The first-order valence-corrected chi connectivity index (χ1v) is 0. The monoisotopic (exact) mass is 182 g/mol. The number of hydrogen-bond acceptors (Lipinski definition) is 0. The fraction of sp³-hybridized carbons (Fsp3) is 0. The van der Waals surface area contributed by atoms with Gasteiger partial charge in [0.25, 0.3) is 0 Å². The molecule has 0 nitrogen and oxygen atoms in total. The first kappa shape index (κ1) is 244. The van der Waals surface area contributed by atoms with Crippen molar-refractivity contribution in [3.05, 3.63) is 0 Å². The summed E-state index contributed by atoms with van der Waals surface area (Å²) in [7, 11) is 0. The molecule has 0 aliphatic heterocycles. The molecule has 0 fully saturated rings. The molecule has 0 aromatic heterocycles. The summed E-state index contributed by atoms with van der Waals surface area (Å²) in [5.74, 6) is 0. The van der Waals surface area contributed by atoms with Crippen molar-refractivity contribution in [1.29, 1.82) is 0 Å². The Labute approximate surface area is 95.5 Å². The maximum Gasteiger partial charge on any atom is 3.00 e. The molecule has 0 aromatic carbocycles. The molecule has 0 atom stereocenters. The summed E-state index contributed by atoms with van der Waals surface area (Å²) in [6.45, 7) is 0. The van der Waals surface area contributed by atoms with Crippen LogP contribution in [0.3, 0.4) is 0 Å². The molecule has 0 rings (SSSR count). The second kappa shape index (κ2) is 172. The van der Waals surface area contributed by atoms with Gasteiger partial charge in [-0.3, -0.25) is 9.41 Å². The van der Waals surface area contributed by atoms with E-state index in [4.69, 9.17) is 0 Å². The average Bonchev–Trinajstić information content (AvgIpc) is 0. The molecule has 8 heavy (non-hydrogen) atoms. The largest absolute Gasteiger partial charge is 3.00 e. The predicted molar refractivity (Wildman–Crippen MR) is 10.8 cm³/mol. The van der Waals surface area contributed by atoms with Gasteiger partial charge in [-0.05, 0) is 0 Å². The van der Waals surface area contributed by atoms with Crippen molar-refractivity contribution in [2.45, 2.75) is 0 Å². The Morgan fingerprint density at radius 3 is 0.500 bits per heavy atom. The zero-order chi connectivity index (χ0) is 0. The van der Waals surface area contributed by atoms with Crippen molar-refractivity contribution in [2.24, 2.45) is 0 Å². The Balaban J connectivity index is 0. The molecular weight excluding hydrogens is 180 g/mol. The third kappa shape index (κ3) is 115. The van der Waals surface area contributed by atoms with Crippen molar-refractivity contribution in [2.75, 3.05) is 0 Å². The van der Waals surface area contributed by atoms with Crippen LogP contribution in [0, 0.1) is 0 Å². The third-order valence-corrected chi connectivity index (χ3v) is 0. The van der Waals surface area contributed by atoms with Crippen LogP contribution in [0.15, 0.2) is 0 Å². The SMILES string of the molecule is F.F.[Al+3].[F-].[F-].[F-].[F-].[K+]. The summed E-state index contributed by atoms with van der Waals surface area (Å²) < 4.78 is 0. The fourth-order valence-electron chi connectivity index (χ4n) is 0. The summed E-state index contributed by atoms with van der Waals surface area (Å²) >= 11 is 0. The summed E-state index contributed by atoms with van der Waals surface area (Å²) in [4.78, 5) is 0. The maximum absolute atomic E-state index is 0. The fourth-order valence-corrected chi connectivity index (χ4v) is 0. The molecule has 0 N–H and O–H groups in total. The molecule has 0 bridgehead atoms. The van der Waals surface area contributed by atoms with Crippen LogP contribution in [0.4, 0.5) is 9.41 Å². The zero-order valence-corrected chi connectivity index (χ0v) is 8.18. The van der Waals surface area contributed by atoms with Crippen molar-refractivity contribution >= 4 is 17.4 Å². The van der Waals surface area contributed by atoms with E-state index >= 15 is 0 Å². The van der Waals surface area contributed by atoms with Crippen LogP contribution >= 0.6 is 0 Å². The van der Waals surface area contributed by atoms with Gasteiger partial charge in [0, 0.05) is 0 Å². The van der Waals surface area contributed by atoms with Crippen LogP contribution < -0.4 is 70.2 Å². The van der Waals surface area contributed by atoms with E-state index in [1.54, 1.807) is 0 Å². The van der Waals surface area contributed by atoms with Crippen LogP contribution in [-0.2, 0) is 0 Å². The number of hydrogen-bond donors (Lipinski definition) is 0. The molecule has 8 heteroatoms. The smallest absolute Gasteiger partial charge is 1.00 e. The van der Waals surface area contributed by atoms with Crippen molar-refractivity contribution in [3.63, 3.8) is 0 Å². The van der Waals surface area contributed by atoms with Crippen molar-refractivity contribution in [3.8, 4) is 0 Å². The molecule has 0 unspecified atom stereocenters. The van der Waals surface area contributed by atoms with Gasteiger partial charge in [-0.2, -0.15) is 0 Å². The molecule has 0 heterocycles. The van der Waals surface area contributed by atoms with Gasteiger partial charge in [0.05, 0.1) is 0 Å². The topological polar surface area (TPSA) is 0 Å². The van der Waals surface area contributed by atoms with Gasteiger partial charge >= 0.3 is 68.7 Å². The van der Waals surface area contributed by atoms with Gasteiger partial charge < -0.3 is 18.8 Å². The van der Waals surface area contributed by atoms with E-state index in [9.17, 15) is 0 Å². The minimum atomic E-state index is 0. The van der Waals surface area contributed by atoms with Crippen LogP contribution in [-0.4, -0.2) is 17.4 Å². The van der Waals surface area contributed by atoms with Crippen LogP contribution in [0.5, 0.6) is 0 Å². The third-order valence-electron chi connectivity index (χ3n) is 0. The Bertz CT molecular complexity index is 8.49. The van der Waals surface area contributed by atoms with Gasteiger partial charge in [0.15, 0.2) is 0 Å². The molecule has 48 valence electrons. The maximum atomic E-state index is 0. The first-order valence-electron chi connectivity index (χ1n) is 0. The Kier molecular flexibility index (Phi) is 5240. The Morgan fingerprint density at radius 2 is 0.500 bits per heavy atom. The molecule has 0 saturated heterocycles. The van der Waals surface area contributed by atoms with E-state index in [2.05, 4.69) is 0 Å².